The Balaban J connectivity index is -0.00000245. The summed E-state index contributed by atoms with van der Waals surface area (Å²) in [6.45, 7) is 0. The molecule has 1 aliphatic rings. The summed E-state index contributed by atoms with van der Waals surface area (Å²) in [6.07, 6.45) is 0. The largest absolute Gasteiger partial charge is 1.00 e. The summed E-state index contributed by atoms with van der Waals surface area (Å²) in [5, 5.41) is 12.2. The first-order valence-electron chi connectivity index (χ1n) is 7.51. The summed E-state index contributed by atoms with van der Waals surface area (Å²) in [6, 6.07) is 1.05. The van der Waals surface area contributed by atoms with Crippen LogP contribution in [0.15, 0.2) is 43.8 Å². The summed E-state index contributed by atoms with van der Waals surface area (Å²) in [7, 11) is -21.5. The van der Waals surface area contributed by atoms with Crippen molar-refractivity contribution in [3.63, 3.8) is 0 Å². The van der Waals surface area contributed by atoms with Crippen molar-refractivity contribution in [2.75, 3.05) is 0 Å². The van der Waals surface area contributed by atoms with Gasteiger partial charge in [0, 0.05) is 29.6 Å². The molecule has 0 fully saturated rings. The third kappa shape index (κ3) is 11.2. The molecule has 1 radical (unpaired) electrons. The Kier molecular flexibility index (Phi) is 19.7. The van der Waals surface area contributed by atoms with E-state index >= 15 is 0 Å². The van der Waals surface area contributed by atoms with Crippen molar-refractivity contribution in [2.24, 2.45) is 0 Å². The standard InChI is InChI=1S/2C6H6O8S2.5Na.Sb/c2*7-4-1-3(15(9,10)11)2-5(6(4)8)16(12,13)14;;;;;;/h2*1-2,7-8H,(H,9,10,11)(H,12,13,14);;;;;;/q;;;4*+1;+3/p-7. The molecule has 0 atom stereocenters. The van der Waals surface area contributed by atoms with Gasteiger partial charge in [-0.05, 0) is 0 Å². The zero-order valence-electron chi connectivity index (χ0n) is 20.0. The zero-order valence-corrected chi connectivity index (χ0v) is 35.8. The number of fused-ring (bicyclic) bond motifs is 1. The molecule has 0 saturated heterocycles. The smallest absolute Gasteiger partial charge is 0 e. The van der Waals surface area contributed by atoms with E-state index < -0.39 is 105 Å². The van der Waals surface area contributed by atoms with Gasteiger partial charge in [0.1, 0.15) is 0 Å². The fraction of sp³-hybridized carbons (Fsp3) is 0. The molecule has 16 nitrogen and oxygen atoms in total. The van der Waals surface area contributed by atoms with Crippen LogP contribution in [0.2, 0.25) is 0 Å². The maximum absolute atomic E-state index is 12.2. The second-order valence-corrected chi connectivity index (χ2v) is 14.2. The number of rotatable bonds is 6. The van der Waals surface area contributed by atoms with Gasteiger partial charge in [0.25, 0.3) is 0 Å². The van der Waals surface area contributed by atoms with E-state index in [1.807, 2.05) is 0 Å². The summed E-state index contributed by atoms with van der Waals surface area (Å²) in [4.78, 5) is -5.40. The third-order valence-electron chi connectivity index (χ3n) is 3.63. The minimum absolute atomic E-state index is 0. The minimum atomic E-state index is -5.60. The van der Waals surface area contributed by atoms with Crippen molar-refractivity contribution in [3.05, 3.63) is 24.3 Å². The van der Waals surface area contributed by atoms with Gasteiger partial charge in [-0.2, -0.15) is 0 Å². The average Bonchev–Trinajstić information content (AvgIpc) is 3.01. The molecule has 0 aromatic heterocycles. The predicted octanol–water partition coefficient (Wildman–Crippen LogP) is -14.8. The van der Waals surface area contributed by atoms with Crippen molar-refractivity contribution >= 4 is 91.5 Å². The molecule has 1 aliphatic heterocycles. The van der Waals surface area contributed by atoms with Crippen LogP contribution in [0.1, 0.15) is 0 Å². The van der Waals surface area contributed by atoms with E-state index in [1.54, 1.807) is 0 Å². The molecule has 38 heavy (non-hydrogen) atoms. The van der Waals surface area contributed by atoms with Crippen LogP contribution in [-0.2, 0) is 40.5 Å². The number of hydrogen-bond acceptors (Lipinski definition) is 15. The quantitative estimate of drug-likeness (QED) is 0.211. The van der Waals surface area contributed by atoms with Gasteiger partial charge in [-0.15, -0.1) is 0 Å². The second kappa shape index (κ2) is 16.4. The van der Waals surface area contributed by atoms with Gasteiger partial charge in [-0.25, -0.2) is 0 Å². The van der Waals surface area contributed by atoms with Crippen molar-refractivity contribution < 1.29 is 184 Å². The Morgan fingerprint density at radius 3 is 1.61 bits per heavy atom. The summed E-state index contributed by atoms with van der Waals surface area (Å²) >= 11 is -4.45. The van der Waals surface area contributed by atoms with Crippen molar-refractivity contribution in [1.82, 2.24) is 0 Å². The molecule has 0 amide bonds. The molecule has 1 N–H and O–H groups in total. The summed E-state index contributed by atoms with van der Waals surface area (Å²) < 4.78 is 149. The van der Waals surface area contributed by atoms with Crippen LogP contribution < -0.4 is 132 Å². The molecule has 0 bridgehead atoms. The van der Waals surface area contributed by atoms with E-state index in [0.717, 1.165) is 0 Å². The van der Waals surface area contributed by atoms with E-state index in [-0.39, 0.29) is 166 Å². The Bertz CT molecular complexity index is 1610. The molecular formula is C12H5Na5O16S4Sb. The average molecular weight is 770 g/mol. The first-order valence-corrected chi connectivity index (χ1v) is 16.3. The van der Waals surface area contributed by atoms with Gasteiger partial charge < -0.3 is 0 Å². The van der Waals surface area contributed by atoms with Crippen LogP contribution in [0.25, 0.3) is 0 Å². The van der Waals surface area contributed by atoms with Crippen LogP contribution in [0, 0.1) is 0 Å². The normalized spacial score (nSPS) is 12.9. The van der Waals surface area contributed by atoms with Gasteiger partial charge >= 0.3 is 313 Å². The van der Waals surface area contributed by atoms with Gasteiger partial charge in [0.05, 0.1) is 0 Å². The molecule has 1 heterocycles. The molecule has 183 valence electrons. The summed E-state index contributed by atoms with van der Waals surface area (Å²) in [5.74, 6) is -4.50. The van der Waals surface area contributed by atoms with Gasteiger partial charge in [-0.1, -0.05) is 0 Å². The topological polar surface area (TPSA) is 277 Å². The minimum Gasteiger partial charge on any atom is 0 e. The van der Waals surface area contributed by atoms with Crippen molar-refractivity contribution in [1.29, 1.82) is 0 Å². The van der Waals surface area contributed by atoms with Gasteiger partial charge in [-0.3, -0.25) is 0 Å². The van der Waals surface area contributed by atoms with Crippen molar-refractivity contribution in [3.8, 4) is 23.0 Å². The maximum atomic E-state index is 12.2. The zero-order chi connectivity index (χ0) is 25.1. The molecule has 26 heteroatoms. The van der Waals surface area contributed by atoms with E-state index in [2.05, 4.69) is 0 Å². The molecule has 2 aromatic carbocycles. The fourth-order valence-electron chi connectivity index (χ4n) is 2.29. The van der Waals surface area contributed by atoms with Gasteiger partial charge in [0.15, 0.2) is 0 Å². The second-order valence-electron chi connectivity index (χ2n) is 5.83. The summed E-state index contributed by atoms with van der Waals surface area (Å²) in [5.41, 5.74) is 0. The Morgan fingerprint density at radius 2 is 1.18 bits per heavy atom. The fourth-order valence-corrected chi connectivity index (χ4v) is 7.87. The van der Waals surface area contributed by atoms with E-state index in [9.17, 15) is 52.4 Å². The molecule has 0 unspecified atom stereocenters. The SMILES string of the molecule is O=S(=O)([O-])c1cc([O][Sb]2[O]c3cc(S(=O)(=O)O)cc(S(=O)(=O)[O-])c3[O]2)c([O-])c(S(=O)(=O)[O-])c1.[Na+].[Na+].[Na+].[Na+].[Na]. The van der Waals surface area contributed by atoms with E-state index in [4.69, 9.17) is 13.6 Å². The predicted molar refractivity (Wildman–Crippen MR) is 99.4 cm³/mol. The third-order valence-corrected chi connectivity index (χ3v) is 9.87. The van der Waals surface area contributed by atoms with E-state index in [0.29, 0.717) is 6.07 Å². The number of hydrogen-bond donors (Lipinski definition) is 1. The Hall–Kier alpha value is 3.10. The number of benzene rings is 2. The van der Waals surface area contributed by atoms with Crippen LogP contribution in [0.4, 0.5) is 0 Å². The van der Waals surface area contributed by atoms with Gasteiger partial charge in [0.2, 0.25) is 0 Å². The maximum Gasteiger partial charge on any atom is 1.00 e. The molecular weight excluding hydrogens is 765 g/mol. The molecule has 0 saturated carbocycles. The Morgan fingerprint density at radius 1 is 0.711 bits per heavy atom. The van der Waals surface area contributed by atoms with E-state index in [1.165, 1.54) is 0 Å². The van der Waals surface area contributed by atoms with Crippen LogP contribution >= 0.6 is 0 Å². The van der Waals surface area contributed by atoms with Crippen LogP contribution in [-0.4, -0.2) is 103 Å². The monoisotopic (exact) mass is 769 g/mol. The first kappa shape index (κ1) is 45.5. The van der Waals surface area contributed by atoms with Crippen molar-refractivity contribution in [2.45, 2.75) is 19.6 Å². The van der Waals surface area contributed by atoms with Crippen LogP contribution in [0.3, 0.4) is 0 Å². The molecule has 0 aliphatic carbocycles. The molecule has 0 spiro atoms. The Labute approximate surface area is 336 Å². The first-order chi connectivity index (χ1) is 14.8. The van der Waals surface area contributed by atoms with Crippen LogP contribution in [0.5, 0.6) is 23.0 Å². The molecule has 3 rings (SSSR count). The molecule has 2 aromatic rings.